The molecule has 0 aliphatic rings. The average Bonchev–Trinajstić information content (AvgIpc) is 2.48. The summed E-state index contributed by atoms with van der Waals surface area (Å²) in [7, 11) is 1.60. The van der Waals surface area contributed by atoms with Gasteiger partial charge in [-0.1, -0.05) is 36.4 Å². The minimum atomic E-state index is 0.000650. The summed E-state index contributed by atoms with van der Waals surface area (Å²) in [6.45, 7) is 0.597. The van der Waals surface area contributed by atoms with Gasteiger partial charge < -0.3 is 14.6 Å². The van der Waals surface area contributed by atoms with Crippen LogP contribution in [0.3, 0.4) is 0 Å². The summed E-state index contributed by atoms with van der Waals surface area (Å²) >= 11 is 0. The minimum absolute atomic E-state index is 0.000650. The van der Waals surface area contributed by atoms with Gasteiger partial charge in [0, 0.05) is 6.42 Å². The fourth-order valence-corrected chi connectivity index (χ4v) is 1.85. The van der Waals surface area contributed by atoms with Crippen LogP contribution in [0.2, 0.25) is 0 Å². The fourth-order valence-electron chi connectivity index (χ4n) is 1.85. The zero-order valence-electron chi connectivity index (χ0n) is 11.0. The van der Waals surface area contributed by atoms with Gasteiger partial charge in [-0.3, -0.25) is 0 Å². The van der Waals surface area contributed by atoms with Crippen molar-refractivity contribution in [2.24, 2.45) is 0 Å². The summed E-state index contributed by atoms with van der Waals surface area (Å²) in [6.07, 6.45) is 0.853. The quantitative estimate of drug-likeness (QED) is 0.866. The van der Waals surface area contributed by atoms with Crippen molar-refractivity contribution in [1.82, 2.24) is 0 Å². The van der Waals surface area contributed by atoms with Crippen LogP contribution in [0.5, 0.6) is 11.5 Å². The third kappa shape index (κ3) is 3.73. The molecule has 0 unspecified atom stereocenters. The molecule has 100 valence electrons. The van der Waals surface area contributed by atoms with Crippen LogP contribution in [0, 0.1) is 0 Å². The van der Waals surface area contributed by atoms with Crippen molar-refractivity contribution in [3.8, 4) is 11.5 Å². The molecule has 0 fully saturated rings. The van der Waals surface area contributed by atoms with E-state index in [1.54, 1.807) is 13.2 Å². The third-order valence-electron chi connectivity index (χ3n) is 2.90. The highest BCUT2D eigenvalue weighted by Gasteiger charge is 2.05. The van der Waals surface area contributed by atoms with Crippen LogP contribution < -0.4 is 9.47 Å². The molecule has 0 bridgehead atoms. The number of methoxy groups -OCH3 is 1. The van der Waals surface area contributed by atoms with Gasteiger partial charge >= 0.3 is 0 Å². The molecule has 0 heterocycles. The summed E-state index contributed by atoms with van der Waals surface area (Å²) in [6, 6.07) is 15.7. The first-order valence-electron chi connectivity index (χ1n) is 6.28. The number of hydrogen-bond donors (Lipinski definition) is 1. The van der Waals surface area contributed by atoms with Crippen molar-refractivity contribution in [2.75, 3.05) is 13.7 Å². The predicted molar refractivity (Wildman–Crippen MR) is 74.6 cm³/mol. The lowest BCUT2D eigenvalue weighted by Crippen LogP contribution is -2.03. The molecule has 3 nitrogen and oxygen atoms in total. The van der Waals surface area contributed by atoms with Crippen molar-refractivity contribution in [3.05, 3.63) is 59.7 Å². The highest BCUT2D eigenvalue weighted by atomic mass is 16.5. The number of rotatable bonds is 6. The molecule has 1 N–H and O–H groups in total. The first-order valence-corrected chi connectivity index (χ1v) is 6.28. The van der Waals surface area contributed by atoms with Crippen LogP contribution in [0.1, 0.15) is 11.1 Å². The summed E-state index contributed by atoms with van der Waals surface area (Å²) < 4.78 is 11.0. The smallest absolute Gasteiger partial charge is 0.161 e. The molecule has 3 heteroatoms. The molecule has 0 aliphatic carbocycles. The molecule has 2 rings (SSSR count). The Kier molecular flexibility index (Phi) is 4.81. The van der Waals surface area contributed by atoms with Crippen LogP contribution in [0.4, 0.5) is 0 Å². The number of hydrogen-bond acceptors (Lipinski definition) is 3. The SMILES string of the molecule is COc1cc(CO)ccc1OCCc1ccccc1. The molecule has 0 aliphatic heterocycles. The van der Waals surface area contributed by atoms with Crippen LogP contribution in [0.15, 0.2) is 48.5 Å². The lowest BCUT2D eigenvalue weighted by atomic mass is 10.2. The molecule has 2 aromatic carbocycles. The summed E-state index contributed by atoms with van der Waals surface area (Å²) in [5.41, 5.74) is 2.06. The third-order valence-corrected chi connectivity index (χ3v) is 2.90. The van der Waals surface area contributed by atoms with Crippen LogP contribution in [0.25, 0.3) is 0 Å². The Morgan fingerprint density at radius 1 is 0.947 bits per heavy atom. The van der Waals surface area contributed by atoms with E-state index in [-0.39, 0.29) is 6.61 Å². The van der Waals surface area contributed by atoms with E-state index in [2.05, 4.69) is 12.1 Å². The molecular formula is C16H18O3. The van der Waals surface area contributed by atoms with Gasteiger partial charge in [-0.05, 0) is 23.3 Å². The number of aliphatic hydroxyl groups excluding tert-OH is 1. The van der Waals surface area contributed by atoms with E-state index in [4.69, 9.17) is 14.6 Å². The van der Waals surface area contributed by atoms with Gasteiger partial charge in [-0.25, -0.2) is 0 Å². The highest BCUT2D eigenvalue weighted by Crippen LogP contribution is 2.28. The minimum Gasteiger partial charge on any atom is -0.493 e. The van der Waals surface area contributed by atoms with E-state index in [1.807, 2.05) is 30.3 Å². The molecule has 19 heavy (non-hydrogen) atoms. The van der Waals surface area contributed by atoms with E-state index >= 15 is 0 Å². The molecule has 0 saturated heterocycles. The molecule has 0 amide bonds. The largest absolute Gasteiger partial charge is 0.493 e. The van der Waals surface area contributed by atoms with Gasteiger partial charge in [0.25, 0.3) is 0 Å². The Morgan fingerprint density at radius 3 is 2.42 bits per heavy atom. The van der Waals surface area contributed by atoms with Gasteiger partial charge in [0.15, 0.2) is 11.5 Å². The molecule has 0 saturated carbocycles. The Labute approximate surface area is 113 Å². The Bertz CT molecular complexity index is 509. The van der Waals surface area contributed by atoms with Crippen molar-refractivity contribution in [3.63, 3.8) is 0 Å². The molecule has 0 aromatic heterocycles. The maximum Gasteiger partial charge on any atom is 0.161 e. The number of aliphatic hydroxyl groups is 1. The lowest BCUT2D eigenvalue weighted by Gasteiger charge is -2.11. The van der Waals surface area contributed by atoms with Gasteiger partial charge in [0.2, 0.25) is 0 Å². The molecule has 0 spiro atoms. The van der Waals surface area contributed by atoms with Crippen molar-refractivity contribution >= 4 is 0 Å². The molecular weight excluding hydrogens is 240 g/mol. The molecule has 0 radical (unpaired) electrons. The van der Waals surface area contributed by atoms with Gasteiger partial charge in [0.1, 0.15) is 0 Å². The van der Waals surface area contributed by atoms with E-state index < -0.39 is 0 Å². The first kappa shape index (κ1) is 13.4. The van der Waals surface area contributed by atoms with Gasteiger partial charge in [0.05, 0.1) is 20.3 Å². The normalized spacial score (nSPS) is 10.2. The fraction of sp³-hybridized carbons (Fsp3) is 0.250. The van der Waals surface area contributed by atoms with Crippen molar-refractivity contribution < 1.29 is 14.6 Å². The Morgan fingerprint density at radius 2 is 1.74 bits per heavy atom. The van der Waals surface area contributed by atoms with Gasteiger partial charge in [-0.15, -0.1) is 0 Å². The van der Waals surface area contributed by atoms with Gasteiger partial charge in [-0.2, -0.15) is 0 Å². The van der Waals surface area contributed by atoms with Crippen LogP contribution >= 0.6 is 0 Å². The first-order chi connectivity index (χ1) is 9.33. The van der Waals surface area contributed by atoms with Crippen LogP contribution in [-0.4, -0.2) is 18.8 Å². The zero-order valence-corrected chi connectivity index (χ0v) is 11.0. The lowest BCUT2D eigenvalue weighted by molar-refractivity contribution is 0.277. The average molecular weight is 258 g/mol. The van der Waals surface area contributed by atoms with E-state index in [1.165, 1.54) is 5.56 Å². The predicted octanol–water partition coefficient (Wildman–Crippen LogP) is 2.81. The van der Waals surface area contributed by atoms with E-state index in [9.17, 15) is 0 Å². The summed E-state index contributed by atoms with van der Waals surface area (Å²) in [5, 5.41) is 9.08. The summed E-state index contributed by atoms with van der Waals surface area (Å²) in [5.74, 6) is 1.36. The topological polar surface area (TPSA) is 38.7 Å². The number of ether oxygens (including phenoxy) is 2. The van der Waals surface area contributed by atoms with E-state index in [0.717, 1.165) is 12.0 Å². The Balaban J connectivity index is 1.96. The summed E-state index contributed by atoms with van der Waals surface area (Å²) in [4.78, 5) is 0. The second kappa shape index (κ2) is 6.81. The molecule has 0 atom stereocenters. The monoisotopic (exact) mass is 258 g/mol. The molecule has 2 aromatic rings. The van der Waals surface area contributed by atoms with E-state index in [0.29, 0.717) is 18.1 Å². The zero-order chi connectivity index (χ0) is 13.5. The standard InChI is InChI=1S/C16H18O3/c1-18-16-11-14(12-17)7-8-15(16)19-10-9-13-5-3-2-4-6-13/h2-8,11,17H,9-10,12H2,1H3. The Hall–Kier alpha value is -2.00. The highest BCUT2D eigenvalue weighted by molar-refractivity contribution is 5.42. The van der Waals surface area contributed by atoms with Crippen LogP contribution in [-0.2, 0) is 13.0 Å². The number of benzene rings is 2. The van der Waals surface area contributed by atoms with Crippen molar-refractivity contribution in [1.29, 1.82) is 0 Å². The van der Waals surface area contributed by atoms with Crippen molar-refractivity contribution in [2.45, 2.75) is 13.0 Å². The maximum absolute atomic E-state index is 9.08. The second-order valence-electron chi connectivity index (χ2n) is 4.23. The maximum atomic E-state index is 9.08. The second-order valence-corrected chi connectivity index (χ2v) is 4.23.